The number of carboxylic acids is 1. The predicted octanol–water partition coefficient (Wildman–Crippen LogP) is 4.73. The first-order valence-electron chi connectivity index (χ1n) is 7.06. The summed E-state index contributed by atoms with van der Waals surface area (Å²) >= 11 is 6.33. The van der Waals surface area contributed by atoms with E-state index in [0.717, 1.165) is 38.9 Å². The Morgan fingerprint density at radius 1 is 1.14 bits per heavy atom. The standard InChI is InChI=1S/C18H16ClNO2/c1-10-3-6-12(7-4-10)18-13(9-15(21)22)16-14(19)8-5-11(2)17(16)20-18/h3-8,20H,9H2,1-2H3,(H,21,22). The molecule has 1 heterocycles. The van der Waals surface area contributed by atoms with Crippen LogP contribution in [0, 0.1) is 13.8 Å². The Morgan fingerprint density at radius 2 is 1.82 bits per heavy atom. The van der Waals surface area contributed by atoms with E-state index in [-0.39, 0.29) is 6.42 Å². The van der Waals surface area contributed by atoms with Gasteiger partial charge in [-0.2, -0.15) is 0 Å². The maximum atomic E-state index is 11.3. The van der Waals surface area contributed by atoms with Crippen LogP contribution >= 0.6 is 11.6 Å². The first kappa shape index (κ1) is 14.7. The van der Waals surface area contributed by atoms with Gasteiger partial charge in [-0.15, -0.1) is 0 Å². The molecule has 0 saturated heterocycles. The van der Waals surface area contributed by atoms with E-state index in [1.165, 1.54) is 0 Å². The van der Waals surface area contributed by atoms with Crippen molar-refractivity contribution in [3.05, 3.63) is 58.1 Å². The summed E-state index contributed by atoms with van der Waals surface area (Å²) in [7, 11) is 0. The largest absolute Gasteiger partial charge is 0.481 e. The van der Waals surface area contributed by atoms with E-state index in [9.17, 15) is 9.90 Å². The zero-order valence-corrected chi connectivity index (χ0v) is 13.2. The second kappa shape index (κ2) is 5.50. The lowest BCUT2D eigenvalue weighted by atomic mass is 10.0. The van der Waals surface area contributed by atoms with Crippen LogP contribution < -0.4 is 0 Å². The zero-order valence-electron chi connectivity index (χ0n) is 12.4. The molecule has 0 aliphatic carbocycles. The summed E-state index contributed by atoms with van der Waals surface area (Å²) < 4.78 is 0. The fraction of sp³-hybridized carbons (Fsp3) is 0.167. The Kier molecular flexibility index (Phi) is 3.67. The molecule has 0 fully saturated rings. The van der Waals surface area contributed by atoms with Crippen LogP contribution in [0.4, 0.5) is 0 Å². The third-order valence-corrected chi connectivity index (χ3v) is 4.20. The normalized spacial score (nSPS) is 11.0. The second-order valence-electron chi connectivity index (χ2n) is 5.53. The average Bonchev–Trinajstić information content (AvgIpc) is 2.84. The van der Waals surface area contributed by atoms with E-state index >= 15 is 0 Å². The van der Waals surface area contributed by atoms with Gasteiger partial charge in [0, 0.05) is 5.39 Å². The molecule has 2 aromatic carbocycles. The summed E-state index contributed by atoms with van der Waals surface area (Å²) in [5, 5.41) is 10.6. The Morgan fingerprint density at radius 3 is 2.45 bits per heavy atom. The van der Waals surface area contributed by atoms with Gasteiger partial charge >= 0.3 is 5.97 Å². The molecule has 0 spiro atoms. The topological polar surface area (TPSA) is 53.1 Å². The summed E-state index contributed by atoms with van der Waals surface area (Å²) in [5.41, 5.74) is 5.64. The van der Waals surface area contributed by atoms with Crippen molar-refractivity contribution in [3.63, 3.8) is 0 Å². The molecule has 0 bridgehead atoms. The van der Waals surface area contributed by atoms with Crippen LogP contribution in [-0.4, -0.2) is 16.1 Å². The molecular formula is C18H16ClNO2. The summed E-state index contributed by atoms with van der Waals surface area (Å²) in [5.74, 6) is -0.869. The minimum atomic E-state index is -0.869. The molecule has 2 N–H and O–H groups in total. The van der Waals surface area contributed by atoms with Gasteiger partial charge in [-0.1, -0.05) is 47.5 Å². The van der Waals surface area contributed by atoms with Gasteiger partial charge < -0.3 is 10.1 Å². The summed E-state index contributed by atoms with van der Waals surface area (Å²) in [4.78, 5) is 14.7. The number of carboxylic acid groups (broad SMARTS) is 1. The number of halogens is 1. The van der Waals surface area contributed by atoms with E-state index < -0.39 is 5.97 Å². The SMILES string of the molecule is Cc1ccc(-c2[nH]c3c(C)ccc(Cl)c3c2CC(=O)O)cc1. The number of aryl methyl sites for hydroxylation is 2. The molecule has 0 radical (unpaired) electrons. The summed E-state index contributed by atoms with van der Waals surface area (Å²) in [6.07, 6.45) is -0.0631. The molecule has 1 aromatic heterocycles. The van der Waals surface area contributed by atoms with Crippen molar-refractivity contribution in [3.8, 4) is 11.3 Å². The highest BCUT2D eigenvalue weighted by molar-refractivity contribution is 6.36. The first-order valence-corrected chi connectivity index (χ1v) is 7.43. The maximum absolute atomic E-state index is 11.3. The van der Waals surface area contributed by atoms with E-state index in [0.29, 0.717) is 5.02 Å². The highest BCUT2D eigenvalue weighted by Gasteiger charge is 2.19. The van der Waals surface area contributed by atoms with Gasteiger partial charge in [0.25, 0.3) is 0 Å². The molecule has 0 amide bonds. The second-order valence-corrected chi connectivity index (χ2v) is 5.94. The lowest BCUT2D eigenvalue weighted by molar-refractivity contribution is -0.136. The van der Waals surface area contributed by atoms with E-state index in [1.807, 2.05) is 50.2 Å². The number of aliphatic carboxylic acids is 1. The Labute approximate surface area is 133 Å². The van der Waals surface area contributed by atoms with Crippen molar-refractivity contribution in [2.75, 3.05) is 0 Å². The zero-order chi connectivity index (χ0) is 15.9. The fourth-order valence-corrected chi connectivity index (χ4v) is 3.03. The van der Waals surface area contributed by atoms with Gasteiger partial charge in [0.1, 0.15) is 0 Å². The number of benzene rings is 2. The van der Waals surface area contributed by atoms with Gasteiger partial charge in [-0.25, -0.2) is 0 Å². The van der Waals surface area contributed by atoms with Crippen molar-refractivity contribution in [1.29, 1.82) is 0 Å². The lowest BCUT2D eigenvalue weighted by Crippen LogP contribution is -2.01. The van der Waals surface area contributed by atoms with Gasteiger partial charge in [-0.3, -0.25) is 4.79 Å². The minimum Gasteiger partial charge on any atom is -0.481 e. The maximum Gasteiger partial charge on any atom is 0.307 e. The van der Waals surface area contributed by atoms with Crippen molar-refractivity contribution in [1.82, 2.24) is 4.98 Å². The fourth-order valence-electron chi connectivity index (χ4n) is 2.76. The monoisotopic (exact) mass is 313 g/mol. The van der Waals surface area contributed by atoms with Gasteiger partial charge in [0.05, 0.1) is 22.7 Å². The molecule has 0 atom stereocenters. The van der Waals surface area contributed by atoms with Crippen LogP contribution in [0.1, 0.15) is 16.7 Å². The Balaban J connectivity index is 2.33. The molecule has 4 heteroatoms. The molecule has 3 aromatic rings. The Hall–Kier alpha value is -2.26. The molecular weight excluding hydrogens is 298 g/mol. The van der Waals surface area contributed by atoms with Crippen molar-refractivity contribution < 1.29 is 9.90 Å². The van der Waals surface area contributed by atoms with E-state index in [4.69, 9.17) is 11.6 Å². The van der Waals surface area contributed by atoms with E-state index in [2.05, 4.69) is 4.98 Å². The van der Waals surface area contributed by atoms with Gasteiger partial charge in [-0.05, 0) is 36.6 Å². The number of hydrogen-bond donors (Lipinski definition) is 2. The quantitative estimate of drug-likeness (QED) is 0.734. The Bertz CT molecular complexity index is 863. The summed E-state index contributed by atoms with van der Waals surface area (Å²) in [6, 6.07) is 11.8. The smallest absolute Gasteiger partial charge is 0.307 e. The van der Waals surface area contributed by atoms with Crippen LogP contribution in [0.15, 0.2) is 36.4 Å². The van der Waals surface area contributed by atoms with Gasteiger partial charge in [0.2, 0.25) is 0 Å². The van der Waals surface area contributed by atoms with Crippen LogP contribution in [0.5, 0.6) is 0 Å². The van der Waals surface area contributed by atoms with Crippen LogP contribution in [-0.2, 0) is 11.2 Å². The van der Waals surface area contributed by atoms with E-state index in [1.54, 1.807) is 0 Å². The molecule has 3 rings (SSSR count). The molecule has 3 nitrogen and oxygen atoms in total. The molecule has 0 aliphatic rings. The van der Waals surface area contributed by atoms with Crippen LogP contribution in [0.3, 0.4) is 0 Å². The third-order valence-electron chi connectivity index (χ3n) is 3.88. The van der Waals surface area contributed by atoms with Crippen molar-refractivity contribution in [2.45, 2.75) is 20.3 Å². The average molecular weight is 314 g/mol. The first-order chi connectivity index (χ1) is 10.5. The summed E-state index contributed by atoms with van der Waals surface area (Å²) in [6.45, 7) is 4.01. The molecule has 0 saturated carbocycles. The number of aromatic nitrogens is 1. The minimum absolute atomic E-state index is 0.0631. The van der Waals surface area contributed by atoms with Crippen LogP contribution in [0.25, 0.3) is 22.2 Å². The number of H-pyrrole nitrogens is 1. The van der Waals surface area contributed by atoms with Crippen LogP contribution in [0.2, 0.25) is 5.02 Å². The predicted molar refractivity (Wildman–Crippen MR) is 89.6 cm³/mol. The highest BCUT2D eigenvalue weighted by atomic mass is 35.5. The number of fused-ring (bicyclic) bond motifs is 1. The molecule has 0 unspecified atom stereocenters. The molecule has 22 heavy (non-hydrogen) atoms. The molecule has 0 aliphatic heterocycles. The van der Waals surface area contributed by atoms with Crippen molar-refractivity contribution >= 4 is 28.5 Å². The number of hydrogen-bond acceptors (Lipinski definition) is 1. The number of carbonyl (C=O) groups is 1. The number of nitrogens with one attached hydrogen (secondary N) is 1. The number of rotatable bonds is 3. The highest BCUT2D eigenvalue weighted by Crippen LogP contribution is 2.36. The third kappa shape index (κ3) is 2.48. The number of aromatic amines is 1. The molecule has 112 valence electrons. The lowest BCUT2D eigenvalue weighted by Gasteiger charge is -2.04. The van der Waals surface area contributed by atoms with Crippen molar-refractivity contribution in [2.24, 2.45) is 0 Å². The van der Waals surface area contributed by atoms with Gasteiger partial charge in [0.15, 0.2) is 0 Å².